The Kier molecular flexibility index (Phi) is 6.86. The molecular weight excluding hydrogens is 463 g/mol. The molecule has 2 aliphatic rings. The van der Waals surface area contributed by atoms with Gasteiger partial charge in [0.05, 0.1) is 6.04 Å². The number of halogens is 1. The SMILES string of the molecule is Cc1ccc(C(=O)N(CC(=O)N2CCc3sccc3[C@H]2COc2ccc(F)cc2)CC2CC2)cc1. The summed E-state index contributed by atoms with van der Waals surface area (Å²) in [5, 5.41) is 2.05. The van der Waals surface area contributed by atoms with Crippen LogP contribution in [0.5, 0.6) is 5.75 Å². The van der Waals surface area contributed by atoms with E-state index < -0.39 is 0 Å². The third-order valence-corrected chi connectivity index (χ3v) is 7.72. The van der Waals surface area contributed by atoms with Crippen LogP contribution in [0.1, 0.15) is 45.2 Å². The first-order valence-corrected chi connectivity index (χ1v) is 13.0. The summed E-state index contributed by atoms with van der Waals surface area (Å²) >= 11 is 1.69. The van der Waals surface area contributed by atoms with E-state index in [0.717, 1.165) is 30.4 Å². The molecule has 5 rings (SSSR count). The van der Waals surface area contributed by atoms with E-state index in [1.165, 1.54) is 17.0 Å². The van der Waals surface area contributed by atoms with Gasteiger partial charge in [-0.3, -0.25) is 9.59 Å². The van der Waals surface area contributed by atoms with Gasteiger partial charge in [0.1, 0.15) is 24.7 Å². The molecular formula is C28H29FN2O3S. The Hall–Kier alpha value is -3.19. The summed E-state index contributed by atoms with van der Waals surface area (Å²) in [6.07, 6.45) is 2.99. The predicted molar refractivity (Wildman–Crippen MR) is 134 cm³/mol. The van der Waals surface area contributed by atoms with Crippen LogP contribution in [0.15, 0.2) is 60.0 Å². The van der Waals surface area contributed by atoms with E-state index in [2.05, 4.69) is 6.07 Å². The van der Waals surface area contributed by atoms with Crippen molar-refractivity contribution in [2.45, 2.75) is 32.2 Å². The van der Waals surface area contributed by atoms with Crippen LogP contribution in [0.4, 0.5) is 4.39 Å². The minimum absolute atomic E-state index is 0.0513. The molecule has 0 unspecified atom stereocenters. The van der Waals surface area contributed by atoms with Gasteiger partial charge in [-0.25, -0.2) is 4.39 Å². The molecule has 1 atom stereocenters. The molecule has 2 heterocycles. The number of aryl methyl sites for hydroxylation is 1. The van der Waals surface area contributed by atoms with E-state index in [1.807, 2.05) is 41.5 Å². The second kappa shape index (κ2) is 10.2. The first-order chi connectivity index (χ1) is 17.0. The van der Waals surface area contributed by atoms with Crippen LogP contribution < -0.4 is 4.74 Å². The van der Waals surface area contributed by atoms with Crippen molar-refractivity contribution in [3.8, 4) is 5.75 Å². The van der Waals surface area contributed by atoms with E-state index in [9.17, 15) is 14.0 Å². The highest BCUT2D eigenvalue weighted by atomic mass is 32.1. The number of benzene rings is 2. The van der Waals surface area contributed by atoms with E-state index in [-0.39, 0.29) is 36.8 Å². The maximum absolute atomic E-state index is 13.6. The number of thiophene rings is 1. The Morgan fingerprint density at radius 3 is 2.54 bits per heavy atom. The van der Waals surface area contributed by atoms with Crippen LogP contribution in [-0.4, -0.2) is 47.9 Å². The number of nitrogens with zero attached hydrogens (tertiary/aromatic N) is 2. The van der Waals surface area contributed by atoms with Crippen LogP contribution in [0.3, 0.4) is 0 Å². The zero-order chi connectivity index (χ0) is 24.4. The molecule has 0 N–H and O–H groups in total. The van der Waals surface area contributed by atoms with E-state index in [1.54, 1.807) is 28.4 Å². The second-order valence-corrected chi connectivity index (χ2v) is 10.4. The lowest BCUT2D eigenvalue weighted by molar-refractivity contribution is -0.135. The lowest BCUT2D eigenvalue weighted by Crippen LogP contribution is -2.48. The summed E-state index contributed by atoms with van der Waals surface area (Å²) in [6.45, 7) is 3.50. The van der Waals surface area contributed by atoms with Gasteiger partial charge in [-0.05, 0) is 85.5 Å². The summed E-state index contributed by atoms with van der Waals surface area (Å²) < 4.78 is 19.3. The molecule has 182 valence electrons. The van der Waals surface area contributed by atoms with E-state index >= 15 is 0 Å². The van der Waals surface area contributed by atoms with Crippen LogP contribution in [0.2, 0.25) is 0 Å². The average Bonchev–Trinajstić information content (AvgIpc) is 3.55. The zero-order valence-electron chi connectivity index (χ0n) is 19.8. The highest BCUT2D eigenvalue weighted by molar-refractivity contribution is 7.10. The van der Waals surface area contributed by atoms with Crippen molar-refractivity contribution in [1.82, 2.24) is 9.80 Å². The summed E-state index contributed by atoms with van der Waals surface area (Å²) in [4.78, 5) is 31.8. The molecule has 2 aromatic carbocycles. The molecule has 35 heavy (non-hydrogen) atoms. The van der Waals surface area contributed by atoms with Crippen molar-refractivity contribution in [2.75, 3.05) is 26.2 Å². The van der Waals surface area contributed by atoms with Crippen molar-refractivity contribution < 1.29 is 18.7 Å². The first-order valence-electron chi connectivity index (χ1n) is 12.1. The van der Waals surface area contributed by atoms with Crippen molar-refractivity contribution in [1.29, 1.82) is 0 Å². The van der Waals surface area contributed by atoms with Gasteiger partial charge < -0.3 is 14.5 Å². The van der Waals surface area contributed by atoms with Gasteiger partial charge >= 0.3 is 0 Å². The number of amides is 2. The van der Waals surface area contributed by atoms with Crippen LogP contribution in [-0.2, 0) is 11.2 Å². The second-order valence-electron chi connectivity index (χ2n) is 9.41. The number of hydrogen-bond donors (Lipinski definition) is 0. The molecule has 1 aliphatic carbocycles. The molecule has 0 bridgehead atoms. The Balaban J connectivity index is 1.33. The number of fused-ring (bicyclic) bond motifs is 1. The molecule has 1 aromatic heterocycles. The average molecular weight is 493 g/mol. The molecule has 2 amide bonds. The fourth-order valence-corrected chi connectivity index (χ4v) is 5.47. The first kappa shape index (κ1) is 23.5. The number of rotatable bonds is 8. The zero-order valence-corrected chi connectivity index (χ0v) is 20.6. The van der Waals surface area contributed by atoms with Crippen LogP contribution in [0, 0.1) is 18.7 Å². The van der Waals surface area contributed by atoms with Gasteiger partial charge in [-0.1, -0.05) is 17.7 Å². The maximum atomic E-state index is 13.6. The van der Waals surface area contributed by atoms with Gasteiger partial charge in [0.15, 0.2) is 0 Å². The number of carbonyl (C=O) groups excluding carboxylic acids is 2. The Labute approximate surface area is 209 Å². The maximum Gasteiger partial charge on any atom is 0.254 e. The molecule has 1 saturated carbocycles. The summed E-state index contributed by atoms with van der Waals surface area (Å²) in [5.74, 6) is 0.542. The Morgan fingerprint density at radius 2 is 1.83 bits per heavy atom. The highest BCUT2D eigenvalue weighted by Crippen LogP contribution is 2.35. The van der Waals surface area contributed by atoms with Crippen molar-refractivity contribution >= 4 is 23.2 Å². The van der Waals surface area contributed by atoms with Crippen LogP contribution >= 0.6 is 11.3 Å². The fraction of sp³-hybridized carbons (Fsp3) is 0.357. The largest absolute Gasteiger partial charge is 0.491 e. The summed E-state index contributed by atoms with van der Waals surface area (Å²) in [6, 6.07) is 15.2. The lowest BCUT2D eigenvalue weighted by Gasteiger charge is -2.37. The number of hydrogen-bond acceptors (Lipinski definition) is 4. The minimum Gasteiger partial charge on any atom is -0.491 e. The van der Waals surface area contributed by atoms with Crippen molar-refractivity contribution in [2.24, 2.45) is 5.92 Å². The third kappa shape index (κ3) is 5.56. The van der Waals surface area contributed by atoms with E-state index in [0.29, 0.717) is 30.3 Å². The van der Waals surface area contributed by atoms with Gasteiger partial charge in [0.25, 0.3) is 5.91 Å². The third-order valence-electron chi connectivity index (χ3n) is 6.72. The van der Waals surface area contributed by atoms with Crippen molar-refractivity contribution in [3.63, 3.8) is 0 Å². The molecule has 7 heteroatoms. The normalized spacial score (nSPS) is 17.1. The van der Waals surface area contributed by atoms with E-state index in [4.69, 9.17) is 4.74 Å². The topological polar surface area (TPSA) is 49.9 Å². The molecule has 0 saturated heterocycles. The molecule has 1 aliphatic heterocycles. The molecule has 0 radical (unpaired) electrons. The smallest absolute Gasteiger partial charge is 0.254 e. The highest BCUT2D eigenvalue weighted by Gasteiger charge is 2.35. The standard InChI is InChI=1S/C28H29FN2O3S/c1-19-2-6-21(7-3-19)28(33)30(16-20-4-5-20)17-27(32)31-14-12-26-24(13-15-35-26)25(31)18-34-23-10-8-22(29)9-11-23/h2-3,6-11,13,15,20,25H,4-5,12,14,16-18H2,1H3/t25-/m1/s1. The Morgan fingerprint density at radius 1 is 1.09 bits per heavy atom. The molecule has 5 nitrogen and oxygen atoms in total. The summed E-state index contributed by atoms with van der Waals surface area (Å²) in [5.41, 5.74) is 2.80. The van der Waals surface area contributed by atoms with Gasteiger partial charge in [-0.2, -0.15) is 0 Å². The van der Waals surface area contributed by atoms with Gasteiger partial charge in [0.2, 0.25) is 5.91 Å². The summed E-state index contributed by atoms with van der Waals surface area (Å²) in [7, 11) is 0. The number of carbonyl (C=O) groups is 2. The van der Waals surface area contributed by atoms with Gasteiger partial charge in [0, 0.05) is 23.5 Å². The minimum atomic E-state index is -0.319. The fourth-order valence-electron chi connectivity index (χ4n) is 4.54. The predicted octanol–water partition coefficient (Wildman–Crippen LogP) is 5.25. The molecule has 0 spiro atoms. The lowest BCUT2D eigenvalue weighted by atomic mass is 10.00. The Bertz CT molecular complexity index is 1190. The monoisotopic (exact) mass is 492 g/mol. The van der Waals surface area contributed by atoms with Gasteiger partial charge in [-0.15, -0.1) is 11.3 Å². The van der Waals surface area contributed by atoms with Crippen molar-refractivity contribution in [3.05, 3.63) is 87.4 Å². The van der Waals surface area contributed by atoms with Crippen LogP contribution in [0.25, 0.3) is 0 Å². The molecule has 1 fully saturated rings. The molecule has 3 aromatic rings. The number of ether oxygens (including phenoxy) is 1. The quantitative estimate of drug-likeness (QED) is 0.431.